The number of esters is 2. The maximum absolute atomic E-state index is 12.8. The summed E-state index contributed by atoms with van der Waals surface area (Å²) in [4.78, 5) is 24.9. The van der Waals surface area contributed by atoms with E-state index in [-0.39, 0.29) is 47.2 Å². The largest absolute Gasteiger partial charge is 0.465 e. The maximum Gasteiger partial charge on any atom is 0.328 e. The van der Waals surface area contributed by atoms with Crippen molar-refractivity contribution in [2.24, 2.45) is 34.0 Å². The predicted octanol–water partition coefficient (Wildman–Crippen LogP) is 2.24. The van der Waals surface area contributed by atoms with Gasteiger partial charge >= 0.3 is 11.9 Å². The van der Waals surface area contributed by atoms with Gasteiger partial charge < -0.3 is 9.47 Å². The average molecular weight is 348 g/mol. The zero-order valence-electron chi connectivity index (χ0n) is 15.9. The maximum atomic E-state index is 12.8. The number of nitriles is 1. The number of hydrogen-bond acceptors (Lipinski definition) is 6. The Balaban J connectivity index is 1.72. The predicted molar refractivity (Wildman–Crippen MR) is 89.8 cm³/mol. The van der Waals surface area contributed by atoms with E-state index >= 15 is 0 Å². The molecule has 2 saturated heterocycles. The Kier molecular flexibility index (Phi) is 3.96. The van der Waals surface area contributed by atoms with Gasteiger partial charge in [0.25, 0.3) is 0 Å². The Morgan fingerprint density at radius 1 is 1.36 bits per heavy atom. The van der Waals surface area contributed by atoms with Crippen molar-refractivity contribution in [3.63, 3.8) is 0 Å². The van der Waals surface area contributed by atoms with Crippen LogP contribution in [0.1, 0.15) is 48.0 Å². The molecule has 0 amide bonds. The zero-order valence-corrected chi connectivity index (χ0v) is 15.9. The van der Waals surface area contributed by atoms with Gasteiger partial charge in [0.05, 0.1) is 18.6 Å². The van der Waals surface area contributed by atoms with Crippen LogP contribution in [0.25, 0.3) is 0 Å². The number of nitrogens with zero attached hydrogens (tertiary/aromatic N) is 1. The smallest absolute Gasteiger partial charge is 0.328 e. The minimum Gasteiger partial charge on any atom is -0.465 e. The van der Waals surface area contributed by atoms with Crippen LogP contribution in [0.3, 0.4) is 0 Å². The van der Waals surface area contributed by atoms with Crippen molar-refractivity contribution in [2.75, 3.05) is 6.61 Å². The molecule has 2 bridgehead atoms. The van der Waals surface area contributed by atoms with Gasteiger partial charge in [0.15, 0.2) is 11.6 Å². The van der Waals surface area contributed by atoms with Gasteiger partial charge in [-0.3, -0.25) is 14.9 Å². The van der Waals surface area contributed by atoms with E-state index in [4.69, 9.17) is 9.47 Å². The molecule has 0 spiro atoms. The number of hydrogen-bond donors (Lipinski definition) is 1. The number of rotatable bonds is 3. The highest BCUT2D eigenvalue weighted by Crippen LogP contribution is 2.58. The Labute approximate surface area is 149 Å². The number of ether oxygens (including phenoxy) is 2. The first kappa shape index (κ1) is 18.2. The average Bonchev–Trinajstić information content (AvgIpc) is 2.97. The molecule has 1 aliphatic carbocycles. The second kappa shape index (κ2) is 5.44. The van der Waals surface area contributed by atoms with Crippen LogP contribution in [0.5, 0.6) is 0 Å². The van der Waals surface area contributed by atoms with E-state index in [2.05, 4.69) is 11.4 Å². The molecule has 0 aromatic carbocycles. The molecule has 3 fully saturated rings. The first-order chi connectivity index (χ1) is 11.4. The molecule has 1 N–H and O–H groups in total. The number of nitrogens with one attached hydrogen (secondary N) is 1. The van der Waals surface area contributed by atoms with Crippen LogP contribution in [0, 0.1) is 45.3 Å². The summed E-state index contributed by atoms with van der Waals surface area (Å²) in [6.07, 6.45) is 0.0175. The van der Waals surface area contributed by atoms with Crippen LogP contribution >= 0.6 is 0 Å². The molecule has 2 heterocycles. The number of piperidine rings is 1. The number of carbonyl (C=O) groups excluding carboxylic acids is 2. The molecule has 0 radical (unpaired) electrons. The zero-order chi connectivity index (χ0) is 18.8. The van der Waals surface area contributed by atoms with Gasteiger partial charge in [-0.1, -0.05) is 41.5 Å². The molecule has 25 heavy (non-hydrogen) atoms. The van der Waals surface area contributed by atoms with Gasteiger partial charge in [0, 0.05) is 17.9 Å². The van der Waals surface area contributed by atoms with E-state index in [1.54, 1.807) is 0 Å². The standard InChI is InChI=1S/C19H28N2O4/c1-17(2,3)13(18(4,5)6)15(22)24-8-10-11-7-19(9-20)12(10)14(21-11)25-16(19)23/h10-14,21H,7-8H2,1-6H3. The van der Waals surface area contributed by atoms with Gasteiger partial charge in [-0.25, -0.2) is 0 Å². The lowest BCUT2D eigenvalue weighted by molar-refractivity contribution is -0.159. The fraction of sp³-hybridized carbons (Fsp3) is 0.842. The molecule has 6 heteroatoms. The van der Waals surface area contributed by atoms with Crippen LogP contribution < -0.4 is 5.32 Å². The summed E-state index contributed by atoms with van der Waals surface area (Å²) in [5.74, 6) is -1.18. The Morgan fingerprint density at radius 3 is 2.48 bits per heavy atom. The lowest BCUT2D eigenvalue weighted by Crippen LogP contribution is -2.41. The highest BCUT2D eigenvalue weighted by Gasteiger charge is 2.72. The van der Waals surface area contributed by atoms with E-state index < -0.39 is 17.6 Å². The first-order valence-corrected chi connectivity index (χ1v) is 8.97. The Bertz CT molecular complexity index is 625. The molecule has 6 nitrogen and oxygen atoms in total. The van der Waals surface area contributed by atoms with Crippen molar-refractivity contribution in [2.45, 2.75) is 60.2 Å². The van der Waals surface area contributed by atoms with Crippen molar-refractivity contribution in [1.29, 1.82) is 5.26 Å². The van der Waals surface area contributed by atoms with E-state index in [1.165, 1.54) is 0 Å². The van der Waals surface area contributed by atoms with Gasteiger partial charge in [-0.05, 0) is 17.3 Å². The van der Waals surface area contributed by atoms with Crippen LogP contribution in [-0.4, -0.2) is 30.8 Å². The second-order valence-electron chi connectivity index (χ2n) is 9.87. The summed E-state index contributed by atoms with van der Waals surface area (Å²) in [6, 6.07) is 2.17. The van der Waals surface area contributed by atoms with Gasteiger partial charge in [0.1, 0.15) is 0 Å². The third-order valence-corrected chi connectivity index (χ3v) is 5.98. The third kappa shape index (κ3) is 2.64. The summed E-state index contributed by atoms with van der Waals surface area (Å²) in [7, 11) is 0. The van der Waals surface area contributed by atoms with Gasteiger partial charge in [-0.15, -0.1) is 0 Å². The van der Waals surface area contributed by atoms with Gasteiger partial charge in [0.2, 0.25) is 0 Å². The quantitative estimate of drug-likeness (QED) is 0.787. The molecule has 3 aliphatic rings. The van der Waals surface area contributed by atoms with Crippen LogP contribution in [0.15, 0.2) is 0 Å². The van der Waals surface area contributed by atoms with E-state index in [9.17, 15) is 14.9 Å². The molecule has 138 valence electrons. The topological polar surface area (TPSA) is 88.4 Å². The highest BCUT2D eigenvalue weighted by atomic mass is 16.6. The normalized spacial score (nSPS) is 36.5. The summed E-state index contributed by atoms with van der Waals surface area (Å²) in [5, 5.41) is 12.8. The van der Waals surface area contributed by atoms with Crippen molar-refractivity contribution >= 4 is 11.9 Å². The molecule has 5 atom stereocenters. The van der Waals surface area contributed by atoms with Crippen LogP contribution in [0.2, 0.25) is 0 Å². The molecule has 0 aromatic rings. The molecule has 0 aromatic heterocycles. The summed E-state index contributed by atoms with van der Waals surface area (Å²) < 4.78 is 11.0. The number of carbonyl (C=O) groups is 2. The fourth-order valence-electron chi connectivity index (χ4n) is 5.43. The van der Waals surface area contributed by atoms with E-state index in [0.29, 0.717) is 6.42 Å². The van der Waals surface area contributed by atoms with Crippen molar-refractivity contribution < 1.29 is 19.1 Å². The minimum atomic E-state index is -1.06. The van der Waals surface area contributed by atoms with Crippen LogP contribution in [-0.2, 0) is 19.1 Å². The molecule has 3 rings (SSSR count). The minimum absolute atomic E-state index is 0.0170. The monoisotopic (exact) mass is 348 g/mol. The number of fused-ring (bicyclic) bond motifs is 1. The third-order valence-electron chi connectivity index (χ3n) is 5.98. The second-order valence-corrected chi connectivity index (χ2v) is 9.87. The Morgan fingerprint density at radius 2 is 1.96 bits per heavy atom. The Hall–Kier alpha value is -1.61. The van der Waals surface area contributed by atoms with Crippen molar-refractivity contribution in [1.82, 2.24) is 5.32 Å². The SMILES string of the molecule is CC(C)(C)C(C(=O)OCC1C2CC3(C#N)C(=O)OC(N2)C13)C(C)(C)C. The molecular formula is C19H28N2O4. The fourth-order valence-corrected chi connectivity index (χ4v) is 5.43. The van der Waals surface area contributed by atoms with Crippen molar-refractivity contribution in [3.05, 3.63) is 0 Å². The van der Waals surface area contributed by atoms with E-state index in [0.717, 1.165) is 0 Å². The molecule has 5 unspecified atom stereocenters. The summed E-state index contributed by atoms with van der Waals surface area (Å²) in [5.41, 5.74) is -1.49. The van der Waals surface area contributed by atoms with E-state index in [1.807, 2.05) is 41.5 Å². The highest BCUT2D eigenvalue weighted by molar-refractivity contribution is 5.84. The summed E-state index contributed by atoms with van der Waals surface area (Å²) >= 11 is 0. The first-order valence-electron chi connectivity index (χ1n) is 8.97. The van der Waals surface area contributed by atoms with Gasteiger partial charge in [-0.2, -0.15) is 5.26 Å². The lowest BCUT2D eigenvalue weighted by atomic mass is 9.67. The lowest BCUT2D eigenvalue weighted by Gasteiger charge is -2.38. The molecule has 1 saturated carbocycles. The van der Waals surface area contributed by atoms with Crippen LogP contribution in [0.4, 0.5) is 0 Å². The summed E-state index contributed by atoms with van der Waals surface area (Å²) in [6.45, 7) is 12.5. The molecular weight excluding hydrogens is 320 g/mol. The van der Waals surface area contributed by atoms with Crippen molar-refractivity contribution in [3.8, 4) is 6.07 Å². The molecule has 2 aliphatic heterocycles.